The second kappa shape index (κ2) is 5.21. The molecule has 1 aromatic heterocycles. The molecule has 0 amide bonds. The fraction of sp³-hybridized carbons (Fsp3) is 0.154. The zero-order chi connectivity index (χ0) is 12.1. The van der Waals surface area contributed by atoms with Crippen LogP contribution in [0.15, 0.2) is 42.7 Å². The van der Waals surface area contributed by atoms with Crippen LogP contribution in [0.4, 0.5) is 5.69 Å². The Hall–Kier alpha value is -2.23. The smallest absolute Gasteiger partial charge is 0.145 e. The van der Waals surface area contributed by atoms with Gasteiger partial charge in [-0.15, -0.1) is 0 Å². The summed E-state index contributed by atoms with van der Waals surface area (Å²) in [7, 11) is 1.64. The van der Waals surface area contributed by atoms with E-state index in [9.17, 15) is 0 Å². The lowest BCUT2D eigenvalue weighted by molar-refractivity contribution is 0.306. The minimum atomic E-state index is 0.450. The molecule has 0 unspecified atom stereocenters. The first-order chi connectivity index (χ1) is 8.29. The highest BCUT2D eigenvalue weighted by Gasteiger charge is 2.01. The summed E-state index contributed by atoms with van der Waals surface area (Å²) in [4.78, 5) is 3.90. The molecular formula is C13H14N2O2. The summed E-state index contributed by atoms with van der Waals surface area (Å²) in [6, 6.07) is 9.46. The van der Waals surface area contributed by atoms with E-state index in [1.807, 2.05) is 24.3 Å². The zero-order valence-corrected chi connectivity index (χ0v) is 9.59. The van der Waals surface area contributed by atoms with Gasteiger partial charge in [0, 0.05) is 12.3 Å². The number of nitrogen functional groups attached to an aromatic ring is 1. The highest BCUT2D eigenvalue weighted by atomic mass is 16.5. The molecule has 0 atom stereocenters. The molecule has 88 valence electrons. The van der Waals surface area contributed by atoms with Gasteiger partial charge in [-0.25, -0.2) is 0 Å². The molecule has 1 aromatic carbocycles. The van der Waals surface area contributed by atoms with Crippen LogP contribution >= 0.6 is 0 Å². The SMILES string of the molecule is COc1cccc(COc2ccncc2N)c1. The molecule has 0 fully saturated rings. The van der Waals surface area contributed by atoms with Crippen molar-refractivity contribution in [3.8, 4) is 11.5 Å². The summed E-state index contributed by atoms with van der Waals surface area (Å²) in [5, 5.41) is 0. The molecule has 2 rings (SSSR count). The van der Waals surface area contributed by atoms with Crippen molar-refractivity contribution >= 4 is 5.69 Å². The van der Waals surface area contributed by atoms with Crippen molar-refractivity contribution in [2.75, 3.05) is 12.8 Å². The summed E-state index contributed by atoms with van der Waals surface area (Å²) >= 11 is 0. The fourth-order valence-electron chi connectivity index (χ4n) is 1.45. The number of ether oxygens (including phenoxy) is 2. The molecule has 4 nitrogen and oxygen atoms in total. The van der Waals surface area contributed by atoms with Gasteiger partial charge in [-0.05, 0) is 17.7 Å². The Morgan fingerprint density at radius 2 is 2.18 bits per heavy atom. The van der Waals surface area contributed by atoms with Gasteiger partial charge in [0.25, 0.3) is 0 Å². The summed E-state index contributed by atoms with van der Waals surface area (Å²) in [5.41, 5.74) is 7.29. The summed E-state index contributed by atoms with van der Waals surface area (Å²) in [6.45, 7) is 0.450. The standard InChI is InChI=1S/C13H14N2O2/c1-16-11-4-2-3-10(7-11)9-17-13-5-6-15-8-12(13)14/h2-8H,9,14H2,1H3. The maximum absolute atomic E-state index is 5.73. The van der Waals surface area contributed by atoms with Gasteiger partial charge in [-0.1, -0.05) is 12.1 Å². The van der Waals surface area contributed by atoms with Crippen LogP contribution in [0.1, 0.15) is 5.56 Å². The molecule has 17 heavy (non-hydrogen) atoms. The van der Waals surface area contributed by atoms with E-state index in [2.05, 4.69) is 4.98 Å². The number of hydrogen-bond donors (Lipinski definition) is 1. The summed E-state index contributed by atoms with van der Waals surface area (Å²) in [5.74, 6) is 1.46. The number of hydrogen-bond acceptors (Lipinski definition) is 4. The van der Waals surface area contributed by atoms with E-state index in [-0.39, 0.29) is 0 Å². The summed E-state index contributed by atoms with van der Waals surface area (Å²) < 4.78 is 10.7. The second-order valence-corrected chi connectivity index (χ2v) is 3.55. The van der Waals surface area contributed by atoms with Crippen molar-refractivity contribution in [2.45, 2.75) is 6.61 Å². The monoisotopic (exact) mass is 230 g/mol. The van der Waals surface area contributed by atoms with Crippen molar-refractivity contribution in [1.82, 2.24) is 4.98 Å². The first kappa shape index (κ1) is 11.3. The first-order valence-corrected chi connectivity index (χ1v) is 5.25. The maximum atomic E-state index is 5.73. The normalized spacial score (nSPS) is 9.94. The molecule has 0 saturated heterocycles. The van der Waals surface area contributed by atoms with Gasteiger partial charge in [0.15, 0.2) is 0 Å². The molecule has 0 bridgehead atoms. The first-order valence-electron chi connectivity index (χ1n) is 5.25. The Morgan fingerprint density at radius 3 is 2.94 bits per heavy atom. The Morgan fingerprint density at radius 1 is 1.29 bits per heavy atom. The lowest BCUT2D eigenvalue weighted by atomic mass is 10.2. The van der Waals surface area contributed by atoms with E-state index in [1.54, 1.807) is 25.6 Å². The fourth-order valence-corrected chi connectivity index (χ4v) is 1.45. The molecule has 0 radical (unpaired) electrons. The Balaban J connectivity index is 2.05. The molecule has 0 aliphatic heterocycles. The molecule has 4 heteroatoms. The van der Waals surface area contributed by atoms with Crippen LogP contribution in [0, 0.1) is 0 Å². The minimum Gasteiger partial charge on any atom is -0.497 e. The molecular weight excluding hydrogens is 216 g/mol. The number of nitrogens with two attached hydrogens (primary N) is 1. The number of benzene rings is 1. The van der Waals surface area contributed by atoms with Gasteiger partial charge in [0.1, 0.15) is 18.1 Å². The van der Waals surface area contributed by atoms with Crippen LogP contribution in [-0.2, 0) is 6.61 Å². The average Bonchev–Trinajstić information content (AvgIpc) is 2.38. The second-order valence-electron chi connectivity index (χ2n) is 3.55. The molecule has 1 heterocycles. The lowest BCUT2D eigenvalue weighted by Gasteiger charge is -2.09. The van der Waals surface area contributed by atoms with Gasteiger partial charge >= 0.3 is 0 Å². The van der Waals surface area contributed by atoms with E-state index >= 15 is 0 Å². The van der Waals surface area contributed by atoms with E-state index in [1.165, 1.54) is 0 Å². The molecule has 0 aliphatic rings. The third kappa shape index (κ3) is 2.87. The van der Waals surface area contributed by atoms with Crippen LogP contribution in [0.3, 0.4) is 0 Å². The van der Waals surface area contributed by atoms with Crippen LogP contribution in [-0.4, -0.2) is 12.1 Å². The molecule has 0 aliphatic carbocycles. The Bertz CT molecular complexity index is 500. The van der Waals surface area contributed by atoms with Crippen molar-refractivity contribution in [1.29, 1.82) is 0 Å². The topological polar surface area (TPSA) is 57.4 Å². The molecule has 0 spiro atoms. The maximum Gasteiger partial charge on any atom is 0.145 e. The average molecular weight is 230 g/mol. The molecule has 0 saturated carbocycles. The van der Waals surface area contributed by atoms with Gasteiger partial charge in [0.2, 0.25) is 0 Å². The third-order valence-corrected chi connectivity index (χ3v) is 2.34. The Labute approximate surface area is 100 Å². The predicted octanol–water partition coefficient (Wildman–Crippen LogP) is 2.25. The van der Waals surface area contributed by atoms with Crippen LogP contribution in [0.5, 0.6) is 11.5 Å². The van der Waals surface area contributed by atoms with Crippen molar-refractivity contribution in [2.24, 2.45) is 0 Å². The zero-order valence-electron chi connectivity index (χ0n) is 9.59. The molecule has 2 aromatic rings. The van der Waals surface area contributed by atoms with Gasteiger partial charge < -0.3 is 15.2 Å². The van der Waals surface area contributed by atoms with Gasteiger partial charge in [-0.2, -0.15) is 0 Å². The minimum absolute atomic E-state index is 0.450. The Kier molecular flexibility index (Phi) is 3.45. The van der Waals surface area contributed by atoms with Crippen LogP contribution in [0.25, 0.3) is 0 Å². The largest absolute Gasteiger partial charge is 0.497 e. The number of methoxy groups -OCH3 is 1. The number of anilines is 1. The highest BCUT2D eigenvalue weighted by molar-refractivity contribution is 5.49. The summed E-state index contributed by atoms with van der Waals surface area (Å²) in [6.07, 6.45) is 3.22. The highest BCUT2D eigenvalue weighted by Crippen LogP contribution is 2.20. The van der Waals surface area contributed by atoms with Gasteiger partial charge in [-0.3, -0.25) is 4.98 Å². The predicted molar refractivity (Wildman–Crippen MR) is 66.0 cm³/mol. The number of pyridine rings is 1. The van der Waals surface area contributed by atoms with E-state index in [0.29, 0.717) is 18.0 Å². The van der Waals surface area contributed by atoms with Crippen LogP contribution in [0.2, 0.25) is 0 Å². The lowest BCUT2D eigenvalue weighted by Crippen LogP contribution is -1.99. The van der Waals surface area contributed by atoms with E-state index in [0.717, 1.165) is 11.3 Å². The van der Waals surface area contributed by atoms with E-state index < -0.39 is 0 Å². The van der Waals surface area contributed by atoms with Crippen molar-refractivity contribution < 1.29 is 9.47 Å². The quantitative estimate of drug-likeness (QED) is 0.875. The number of nitrogens with zero attached hydrogens (tertiary/aromatic N) is 1. The molecule has 2 N–H and O–H groups in total. The van der Waals surface area contributed by atoms with Gasteiger partial charge in [0.05, 0.1) is 19.0 Å². The van der Waals surface area contributed by atoms with E-state index in [4.69, 9.17) is 15.2 Å². The van der Waals surface area contributed by atoms with Crippen molar-refractivity contribution in [3.63, 3.8) is 0 Å². The van der Waals surface area contributed by atoms with Crippen LogP contribution < -0.4 is 15.2 Å². The number of aromatic nitrogens is 1. The third-order valence-electron chi connectivity index (χ3n) is 2.34. The number of rotatable bonds is 4. The van der Waals surface area contributed by atoms with Crippen molar-refractivity contribution in [3.05, 3.63) is 48.3 Å².